The molecule has 0 bridgehead atoms. The molecular formula is C12H17ClFN3O. The maximum atomic E-state index is 13.5. The maximum Gasteiger partial charge on any atom is 0.242 e. The number of carbonyl (C=O) groups is 1. The van der Waals surface area contributed by atoms with Crippen LogP contribution in [0.2, 0.25) is 5.02 Å². The van der Waals surface area contributed by atoms with Crippen LogP contribution in [0, 0.1) is 5.82 Å². The van der Waals surface area contributed by atoms with Crippen molar-refractivity contribution in [2.24, 2.45) is 0 Å². The number of halogens is 2. The van der Waals surface area contributed by atoms with Crippen LogP contribution in [0.15, 0.2) is 12.3 Å². The second-order valence-corrected chi connectivity index (χ2v) is 5.53. The fourth-order valence-electron chi connectivity index (χ4n) is 1.27. The van der Waals surface area contributed by atoms with Crippen molar-refractivity contribution in [1.82, 2.24) is 10.3 Å². The summed E-state index contributed by atoms with van der Waals surface area (Å²) < 4.78 is 13.5. The monoisotopic (exact) mass is 273 g/mol. The number of amides is 1. The molecule has 0 radical (unpaired) electrons. The van der Waals surface area contributed by atoms with Crippen LogP contribution in [-0.4, -0.2) is 22.5 Å². The zero-order valence-electron chi connectivity index (χ0n) is 10.8. The lowest BCUT2D eigenvalue weighted by atomic mass is 10.1. The summed E-state index contributed by atoms with van der Waals surface area (Å²) >= 11 is 5.59. The van der Waals surface area contributed by atoms with E-state index in [0.717, 1.165) is 6.07 Å². The SMILES string of the molecule is CC(Nc1ncc(Cl)cc1F)C(=O)NC(C)(C)C. The van der Waals surface area contributed by atoms with Gasteiger partial charge >= 0.3 is 0 Å². The number of hydrogen-bond donors (Lipinski definition) is 2. The van der Waals surface area contributed by atoms with Crippen molar-refractivity contribution < 1.29 is 9.18 Å². The molecule has 1 heterocycles. The van der Waals surface area contributed by atoms with E-state index in [1.54, 1.807) is 6.92 Å². The summed E-state index contributed by atoms with van der Waals surface area (Å²) in [7, 11) is 0. The van der Waals surface area contributed by atoms with Crippen LogP contribution in [0.1, 0.15) is 27.7 Å². The van der Waals surface area contributed by atoms with Gasteiger partial charge < -0.3 is 10.6 Å². The molecule has 1 unspecified atom stereocenters. The molecule has 1 aromatic rings. The third kappa shape index (κ3) is 4.49. The van der Waals surface area contributed by atoms with Crippen molar-refractivity contribution in [2.75, 3.05) is 5.32 Å². The number of aromatic nitrogens is 1. The van der Waals surface area contributed by atoms with Crippen LogP contribution >= 0.6 is 11.6 Å². The lowest BCUT2D eigenvalue weighted by molar-refractivity contribution is -0.122. The standard InChI is InChI=1S/C12H17ClFN3O/c1-7(11(18)17-12(2,3)4)16-10-9(14)5-8(13)6-15-10/h5-7H,1-4H3,(H,15,16)(H,17,18). The normalized spacial score (nSPS) is 13.0. The number of nitrogens with one attached hydrogen (secondary N) is 2. The fraction of sp³-hybridized carbons (Fsp3) is 0.500. The van der Waals surface area contributed by atoms with Crippen molar-refractivity contribution in [3.63, 3.8) is 0 Å². The Morgan fingerprint density at radius 3 is 2.61 bits per heavy atom. The van der Waals surface area contributed by atoms with Gasteiger partial charge in [-0.05, 0) is 33.8 Å². The number of hydrogen-bond acceptors (Lipinski definition) is 3. The lowest BCUT2D eigenvalue weighted by Gasteiger charge is -2.24. The first kappa shape index (κ1) is 14.7. The Balaban J connectivity index is 2.69. The molecular weight excluding hydrogens is 257 g/mol. The molecule has 0 aliphatic carbocycles. The minimum absolute atomic E-state index is 0.0101. The van der Waals surface area contributed by atoms with Crippen LogP contribution in [0.25, 0.3) is 0 Å². The number of pyridine rings is 1. The van der Waals surface area contributed by atoms with Crippen molar-refractivity contribution in [3.8, 4) is 0 Å². The summed E-state index contributed by atoms with van der Waals surface area (Å²) in [6.45, 7) is 7.26. The van der Waals surface area contributed by atoms with Crippen molar-refractivity contribution in [3.05, 3.63) is 23.1 Å². The zero-order chi connectivity index (χ0) is 13.9. The van der Waals surface area contributed by atoms with Gasteiger partial charge in [0.1, 0.15) is 6.04 Å². The Kier molecular flexibility index (Phi) is 4.51. The van der Waals surface area contributed by atoms with Gasteiger partial charge in [0.15, 0.2) is 11.6 Å². The van der Waals surface area contributed by atoms with Gasteiger partial charge in [-0.25, -0.2) is 9.37 Å². The molecule has 0 aromatic carbocycles. The smallest absolute Gasteiger partial charge is 0.242 e. The molecule has 0 fully saturated rings. The Labute approximate surface area is 111 Å². The van der Waals surface area contributed by atoms with E-state index in [-0.39, 0.29) is 22.3 Å². The third-order valence-electron chi connectivity index (χ3n) is 2.05. The average molecular weight is 274 g/mol. The molecule has 18 heavy (non-hydrogen) atoms. The number of rotatable bonds is 3. The average Bonchev–Trinajstić information content (AvgIpc) is 2.19. The molecule has 1 rings (SSSR count). The van der Waals surface area contributed by atoms with Crippen molar-refractivity contribution in [1.29, 1.82) is 0 Å². The van der Waals surface area contributed by atoms with Gasteiger partial charge in [-0.15, -0.1) is 0 Å². The molecule has 2 N–H and O–H groups in total. The predicted molar refractivity (Wildman–Crippen MR) is 70.2 cm³/mol. The maximum absolute atomic E-state index is 13.5. The van der Waals surface area contributed by atoms with Gasteiger partial charge in [0, 0.05) is 11.7 Å². The van der Waals surface area contributed by atoms with E-state index in [2.05, 4.69) is 15.6 Å². The number of carbonyl (C=O) groups excluding carboxylic acids is 1. The zero-order valence-corrected chi connectivity index (χ0v) is 11.6. The first-order valence-electron chi connectivity index (χ1n) is 5.58. The molecule has 4 nitrogen and oxygen atoms in total. The molecule has 1 aromatic heterocycles. The molecule has 0 spiro atoms. The topological polar surface area (TPSA) is 54.0 Å². The van der Waals surface area contributed by atoms with E-state index in [1.807, 2.05) is 20.8 Å². The highest BCUT2D eigenvalue weighted by molar-refractivity contribution is 6.30. The molecule has 6 heteroatoms. The van der Waals surface area contributed by atoms with Crippen LogP contribution in [-0.2, 0) is 4.79 Å². The quantitative estimate of drug-likeness (QED) is 0.890. The summed E-state index contributed by atoms with van der Waals surface area (Å²) in [5.74, 6) is -0.799. The summed E-state index contributed by atoms with van der Waals surface area (Å²) in [5, 5.41) is 5.71. The van der Waals surface area contributed by atoms with E-state index in [4.69, 9.17) is 11.6 Å². The predicted octanol–water partition coefficient (Wildman–Crippen LogP) is 2.59. The first-order valence-corrected chi connectivity index (χ1v) is 5.96. The number of nitrogens with zero attached hydrogens (tertiary/aromatic N) is 1. The summed E-state index contributed by atoms with van der Waals surface area (Å²) in [5.41, 5.74) is -0.334. The minimum atomic E-state index is -0.590. The lowest BCUT2D eigenvalue weighted by Crippen LogP contribution is -2.47. The van der Waals surface area contributed by atoms with Crippen molar-refractivity contribution >= 4 is 23.3 Å². The third-order valence-corrected chi connectivity index (χ3v) is 2.26. The van der Waals surface area contributed by atoms with Gasteiger partial charge in [-0.3, -0.25) is 4.79 Å². The summed E-state index contributed by atoms with van der Waals surface area (Å²) in [6, 6.07) is 0.554. The van der Waals surface area contributed by atoms with Gasteiger partial charge in [-0.2, -0.15) is 0 Å². The molecule has 0 saturated carbocycles. The minimum Gasteiger partial charge on any atom is -0.356 e. The van der Waals surface area contributed by atoms with Gasteiger partial charge in [0.25, 0.3) is 0 Å². The molecule has 0 aliphatic rings. The molecule has 100 valence electrons. The largest absolute Gasteiger partial charge is 0.356 e. The Hall–Kier alpha value is -1.36. The second kappa shape index (κ2) is 5.52. The van der Waals surface area contributed by atoms with E-state index in [1.165, 1.54) is 6.20 Å². The van der Waals surface area contributed by atoms with Crippen LogP contribution < -0.4 is 10.6 Å². The molecule has 0 aliphatic heterocycles. The Bertz CT molecular complexity index is 445. The molecule has 1 amide bonds. The summed E-state index contributed by atoms with van der Waals surface area (Å²) in [6.07, 6.45) is 1.32. The van der Waals surface area contributed by atoms with Crippen LogP contribution in [0.3, 0.4) is 0 Å². The highest BCUT2D eigenvalue weighted by atomic mass is 35.5. The van der Waals surface area contributed by atoms with Crippen LogP contribution in [0.5, 0.6) is 0 Å². The van der Waals surface area contributed by atoms with E-state index in [9.17, 15) is 9.18 Å². The Morgan fingerprint density at radius 2 is 2.11 bits per heavy atom. The van der Waals surface area contributed by atoms with Gasteiger partial charge in [-0.1, -0.05) is 11.6 Å². The summed E-state index contributed by atoms with van der Waals surface area (Å²) in [4.78, 5) is 15.6. The van der Waals surface area contributed by atoms with E-state index >= 15 is 0 Å². The Morgan fingerprint density at radius 1 is 1.50 bits per heavy atom. The van der Waals surface area contributed by atoms with Crippen LogP contribution in [0.4, 0.5) is 10.2 Å². The highest BCUT2D eigenvalue weighted by Crippen LogP contribution is 2.16. The molecule has 1 atom stereocenters. The highest BCUT2D eigenvalue weighted by Gasteiger charge is 2.20. The second-order valence-electron chi connectivity index (χ2n) is 5.09. The molecule has 0 saturated heterocycles. The first-order chi connectivity index (χ1) is 8.19. The van der Waals surface area contributed by atoms with Crippen molar-refractivity contribution in [2.45, 2.75) is 39.3 Å². The van der Waals surface area contributed by atoms with Gasteiger partial charge in [0.2, 0.25) is 5.91 Å². The van der Waals surface area contributed by atoms with E-state index < -0.39 is 11.9 Å². The number of anilines is 1. The van der Waals surface area contributed by atoms with E-state index in [0.29, 0.717) is 0 Å². The van der Waals surface area contributed by atoms with Gasteiger partial charge in [0.05, 0.1) is 5.02 Å². The fourth-order valence-corrected chi connectivity index (χ4v) is 1.41.